The van der Waals surface area contributed by atoms with Gasteiger partial charge < -0.3 is 15.8 Å². The molecule has 0 radical (unpaired) electrons. The van der Waals surface area contributed by atoms with E-state index in [0.29, 0.717) is 19.8 Å². The molecule has 0 aromatic carbocycles. The van der Waals surface area contributed by atoms with Crippen LogP contribution in [0.1, 0.15) is 6.92 Å². The maximum atomic E-state index is 11.5. The van der Waals surface area contributed by atoms with Crippen LogP contribution in [0.15, 0.2) is 0 Å². The number of amides is 1. The SMILES string of the molecule is CNC(=O)C1COCCN1C(C)CN. The van der Waals surface area contributed by atoms with Gasteiger partial charge >= 0.3 is 0 Å². The Hall–Kier alpha value is -0.650. The number of nitrogens with two attached hydrogens (primary N) is 1. The first-order valence-corrected chi connectivity index (χ1v) is 4.95. The minimum atomic E-state index is -0.188. The number of carbonyl (C=O) groups excluding carboxylic acids is 1. The van der Waals surface area contributed by atoms with Crippen LogP contribution in [0.5, 0.6) is 0 Å². The number of carbonyl (C=O) groups is 1. The Labute approximate surface area is 84.6 Å². The van der Waals surface area contributed by atoms with Crippen LogP contribution in [0, 0.1) is 0 Å². The maximum absolute atomic E-state index is 11.5. The number of ether oxygens (including phenoxy) is 1. The molecule has 14 heavy (non-hydrogen) atoms. The molecule has 1 fully saturated rings. The van der Waals surface area contributed by atoms with Gasteiger partial charge in [-0.1, -0.05) is 0 Å². The molecule has 1 rings (SSSR count). The van der Waals surface area contributed by atoms with Crippen LogP contribution in [0.2, 0.25) is 0 Å². The molecule has 1 saturated heterocycles. The zero-order chi connectivity index (χ0) is 10.6. The number of morpholine rings is 1. The van der Waals surface area contributed by atoms with Crippen molar-refractivity contribution in [3.05, 3.63) is 0 Å². The Morgan fingerprint density at radius 3 is 3.07 bits per heavy atom. The third-order valence-electron chi connectivity index (χ3n) is 2.63. The van der Waals surface area contributed by atoms with Crippen molar-refractivity contribution in [2.45, 2.75) is 19.0 Å². The van der Waals surface area contributed by atoms with E-state index in [2.05, 4.69) is 10.2 Å². The van der Waals surface area contributed by atoms with Crippen LogP contribution < -0.4 is 11.1 Å². The fraction of sp³-hybridized carbons (Fsp3) is 0.889. The number of nitrogens with zero attached hydrogens (tertiary/aromatic N) is 1. The highest BCUT2D eigenvalue weighted by atomic mass is 16.5. The Bertz CT molecular complexity index is 198. The number of rotatable bonds is 3. The molecule has 0 aliphatic carbocycles. The Balaban J connectivity index is 2.63. The molecule has 0 saturated carbocycles. The second kappa shape index (κ2) is 5.29. The summed E-state index contributed by atoms with van der Waals surface area (Å²) < 4.78 is 5.29. The molecule has 2 unspecified atom stereocenters. The van der Waals surface area contributed by atoms with E-state index in [9.17, 15) is 4.79 Å². The van der Waals surface area contributed by atoms with Crippen molar-refractivity contribution >= 4 is 5.91 Å². The number of hydrogen-bond donors (Lipinski definition) is 2. The summed E-state index contributed by atoms with van der Waals surface area (Å²) in [4.78, 5) is 13.6. The summed E-state index contributed by atoms with van der Waals surface area (Å²) in [5.41, 5.74) is 5.59. The molecule has 2 atom stereocenters. The fourth-order valence-corrected chi connectivity index (χ4v) is 1.67. The van der Waals surface area contributed by atoms with Gasteiger partial charge in [0.25, 0.3) is 0 Å². The highest BCUT2D eigenvalue weighted by molar-refractivity contribution is 5.81. The number of likely N-dealkylation sites (N-methyl/N-ethyl adjacent to an activating group) is 1. The first-order valence-electron chi connectivity index (χ1n) is 4.95. The summed E-state index contributed by atoms with van der Waals surface area (Å²) in [6.07, 6.45) is 0. The summed E-state index contributed by atoms with van der Waals surface area (Å²) in [5.74, 6) is 0.00463. The van der Waals surface area contributed by atoms with Crippen molar-refractivity contribution in [3.63, 3.8) is 0 Å². The van der Waals surface area contributed by atoms with Crippen LogP contribution in [0.25, 0.3) is 0 Å². The van der Waals surface area contributed by atoms with Gasteiger partial charge in [0.05, 0.1) is 13.2 Å². The lowest BCUT2D eigenvalue weighted by Crippen LogP contribution is -2.57. The minimum absolute atomic E-state index is 0.00463. The molecule has 0 aromatic rings. The minimum Gasteiger partial charge on any atom is -0.378 e. The topological polar surface area (TPSA) is 67.6 Å². The summed E-state index contributed by atoms with van der Waals surface area (Å²) in [7, 11) is 1.64. The molecule has 5 nitrogen and oxygen atoms in total. The predicted octanol–water partition coefficient (Wildman–Crippen LogP) is -1.22. The molecule has 0 bridgehead atoms. The molecule has 1 aliphatic heterocycles. The van der Waals surface area contributed by atoms with Crippen LogP contribution in [0.4, 0.5) is 0 Å². The largest absolute Gasteiger partial charge is 0.378 e. The van der Waals surface area contributed by atoms with Crippen molar-refractivity contribution in [1.29, 1.82) is 0 Å². The Kier molecular flexibility index (Phi) is 4.31. The summed E-state index contributed by atoms with van der Waals surface area (Å²) in [6, 6.07) is 0.0356. The molecular weight excluding hydrogens is 182 g/mol. The molecule has 0 aromatic heterocycles. The molecule has 0 spiro atoms. The summed E-state index contributed by atoms with van der Waals surface area (Å²) >= 11 is 0. The van der Waals surface area contributed by atoms with Crippen molar-refractivity contribution < 1.29 is 9.53 Å². The molecule has 82 valence electrons. The third kappa shape index (κ3) is 2.43. The third-order valence-corrected chi connectivity index (χ3v) is 2.63. The average molecular weight is 201 g/mol. The van der Waals surface area contributed by atoms with Gasteiger partial charge in [-0.2, -0.15) is 0 Å². The zero-order valence-corrected chi connectivity index (χ0v) is 8.82. The van der Waals surface area contributed by atoms with Gasteiger partial charge in [0.2, 0.25) is 5.91 Å². The lowest BCUT2D eigenvalue weighted by molar-refractivity contribution is -0.133. The van der Waals surface area contributed by atoms with E-state index in [1.54, 1.807) is 7.05 Å². The summed E-state index contributed by atoms with van der Waals surface area (Å²) in [6.45, 7) is 4.51. The Morgan fingerprint density at radius 1 is 1.79 bits per heavy atom. The molecule has 1 heterocycles. The van der Waals surface area contributed by atoms with Crippen molar-refractivity contribution in [2.24, 2.45) is 5.73 Å². The van der Waals surface area contributed by atoms with Crippen LogP contribution in [-0.2, 0) is 9.53 Å². The van der Waals surface area contributed by atoms with Crippen LogP contribution in [0.3, 0.4) is 0 Å². The van der Waals surface area contributed by atoms with E-state index in [1.807, 2.05) is 6.92 Å². The Morgan fingerprint density at radius 2 is 2.50 bits per heavy atom. The van der Waals surface area contributed by atoms with E-state index in [0.717, 1.165) is 6.54 Å². The van der Waals surface area contributed by atoms with Crippen LogP contribution in [-0.4, -0.2) is 56.2 Å². The first-order chi connectivity index (χ1) is 6.70. The quantitative estimate of drug-likeness (QED) is 0.600. The monoisotopic (exact) mass is 201 g/mol. The molecular formula is C9H19N3O2. The average Bonchev–Trinajstić information content (AvgIpc) is 2.27. The van der Waals surface area contributed by atoms with E-state index in [-0.39, 0.29) is 18.0 Å². The van der Waals surface area contributed by atoms with Gasteiger partial charge in [0.1, 0.15) is 6.04 Å². The molecule has 5 heteroatoms. The van der Waals surface area contributed by atoms with Crippen LogP contribution >= 0.6 is 0 Å². The van der Waals surface area contributed by atoms with E-state index < -0.39 is 0 Å². The van der Waals surface area contributed by atoms with Gasteiger partial charge in [-0.15, -0.1) is 0 Å². The van der Waals surface area contributed by atoms with Gasteiger partial charge in [-0.05, 0) is 6.92 Å². The summed E-state index contributed by atoms with van der Waals surface area (Å²) in [5, 5.41) is 2.64. The fourth-order valence-electron chi connectivity index (χ4n) is 1.67. The van der Waals surface area contributed by atoms with Crippen molar-refractivity contribution in [3.8, 4) is 0 Å². The first kappa shape index (κ1) is 11.4. The lowest BCUT2D eigenvalue weighted by Gasteiger charge is -2.37. The maximum Gasteiger partial charge on any atom is 0.239 e. The number of nitrogens with one attached hydrogen (secondary N) is 1. The second-order valence-electron chi connectivity index (χ2n) is 3.53. The molecule has 1 aliphatic rings. The normalized spacial score (nSPS) is 25.8. The highest BCUT2D eigenvalue weighted by Gasteiger charge is 2.31. The van der Waals surface area contributed by atoms with Gasteiger partial charge in [0, 0.05) is 26.2 Å². The van der Waals surface area contributed by atoms with Crippen molar-refractivity contribution in [1.82, 2.24) is 10.2 Å². The van der Waals surface area contributed by atoms with E-state index >= 15 is 0 Å². The lowest BCUT2D eigenvalue weighted by atomic mass is 10.1. The zero-order valence-electron chi connectivity index (χ0n) is 8.82. The number of hydrogen-bond acceptors (Lipinski definition) is 4. The molecule has 1 amide bonds. The highest BCUT2D eigenvalue weighted by Crippen LogP contribution is 2.10. The van der Waals surface area contributed by atoms with Gasteiger partial charge in [-0.3, -0.25) is 9.69 Å². The van der Waals surface area contributed by atoms with Gasteiger partial charge in [-0.25, -0.2) is 0 Å². The van der Waals surface area contributed by atoms with E-state index in [4.69, 9.17) is 10.5 Å². The predicted molar refractivity (Wildman–Crippen MR) is 53.9 cm³/mol. The standard InChI is InChI=1S/C9H19N3O2/c1-7(5-10)12-3-4-14-6-8(12)9(13)11-2/h7-8H,3-6,10H2,1-2H3,(H,11,13). The second-order valence-corrected chi connectivity index (χ2v) is 3.53. The van der Waals surface area contributed by atoms with Gasteiger partial charge in [0.15, 0.2) is 0 Å². The molecule has 3 N–H and O–H groups in total. The smallest absolute Gasteiger partial charge is 0.239 e. The van der Waals surface area contributed by atoms with E-state index in [1.165, 1.54) is 0 Å². The van der Waals surface area contributed by atoms with Crippen molar-refractivity contribution in [2.75, 3.05) is 33.4 Å².